The van der Waals surface area contributed by atoms with Crippen LogP contribution in [-0.4, -0.2) is 25.0 Å². The van der Waals surface area contributed by atoms with Crippen LogP contribution in [0.2, 0.25) is 5.02 Å². The van der Waals surface area contributed by atoms with E-state index in [0.717, 1.165) is 0 Å². The van der Waals surface area contributed by atoms with Crippen LogP contribution in [0.4, 0.5) is 15.9 Å². The second-order valence-corrected chi connectivity index (χ2v) is 4.48. The van der Waals surface area contributed by atoms with Crippen LogP contribution in [0.25, 0.3) is 0 Å². The summed E-state index contributed by atoms with van der Waals surface area (Å²) in [7, 11) is 3.07. The molecule has 5 nitrogen and oxygen atoms in total. The van der Waals surface area contributed by atoms with E-state index >= 15 is 0 Å². The SMILES string of the molecule is CNc1ccc(Cl)c(C(=O)Nc2ccc(F)cc2OC)n1. The van der Waals surface area contributed by atoms with Crippen molar-refractivity contribution in [3.8, 4) is 5.75 Å². The number of rotatable bonds is 4. The summed E-state index contributed by atoms with van der Waals surface area (Å²) in [5.41, 5.74) is 0.395. The average molecular weight is 310 g/mol. The van der Waals surface area contributed by atoms with Crippen LogP contribution in [0.3, 0.4) is 0 Å². The quantitative estimate of drug-likeness (QED) is 0.910. The lowest BCUT2D eigenvalue weighted by Crippen LogP contribution is -2.15. The van der Waals surface area contributed by atoms with Gasteiger partial charge in [0.05, 0.1) is 17.8 Å². The molecule has 1 aromatic carbocycles. The number of amides is 1. The highest BCUT2D eigenvalue weighted by atomic mass is 35.5. The number of benzene rings is 1. The summed E-state index contributed by atoms with van der Waals surface area (Å²) in [5.74, 6) is -0.250. The standard InChI is InChI=1S/C14H13ClFN3O2/c1-17-12-6-4-9(15)13(19-12)14(20)18-10-5-3-8(16)7-11(10)21-2/h3-7H,1-2H3,(H,17,19)(H,18,20). The van der Waals surface area contributed by atoms with Crippen LogP contribution in [-0.2, 0) is 0 Å². The first kappa shape index (κ1) is 15.1. The largest absolute Gasteiger partial charge is 0.494 e. The first-order valence-corrected chi connectivity index (χ1v) is 6.42. The number of carbonyl (C=O) groups excluding carboxylic acids is 1. The van der Waals surface area contributed by atoms with Gasteiger partial charge in [-0.05, 0) is 24.3 Å². The molecule has 0 aliphatic heterocycles. The Kier molecular flexibility index (Phi) is 4.59. The number of hydrogen-bond donors (Lipinski definition) is 2. The van der Waals surface area contributed by atoms with Gasteiger partial charge >= 0.3 is 0 Å². The highest BCUT2D eigenvalue weighted by Crippen LogP contribution is 2.26. The molecule has 7 heteroatoms. The van der Waals surface area contributed by atoms with Crippen LogP contribution in [0, 0.1) is 5.82 Å². The van der Waals surface area contributed by atoms with E-state index in [9.17, 15) is 9.18 Å². The van der Waals surface area contributed by atoms with Gasteiger partial charge in [-0.25, -0.2) is 9.37 Å². The van der Waals surface area contributed by atoms with E-state index < -0.39 is 11.7 Å². The molecule has 1 amide bonds. The summed E-state index contributed by atoms with van der Waals surface area (Å²) < 4.78 is 18.1. The first-order valence-electron chi connectivity index (χ1n) is 6.04. The number of halogens is 2. The summed E-state index contributed by atoms with van der Waals surface area (Å²) in [6, 6.07) is 7.02. The molecule has 110 valence electrons. The minimum atomic E-state index is -0.512. The zero-order valence-electron chi connectivity index (χ0n) is 11.4. The zero-order valence-corrected chi connectivity index (χ0v) is 12.2. The fourth-order valence-electron chi connectivity index (χ4n) is 1.69. The predicted molar refractivity (Wildman–Crippen MR) is 79.7 cm³/mol. The molecule has 1 heterocycles. The maximum absolute atomic E-state index is 13.1. The number of aromatic nitrogens is 1. The molecule has 0 spiro atoms. The lowest BCUT2D eigenvalue weighted by atomic mass is 10.2. The number of ether oxygens (including phenoxy) is 1. The Labute approximate surface area is 126 Å². The predicted octanol–water partition coefficient (Wildman–Crippen LogP) is 3.18. The van der Waals surface area contributed by atoms with Gasteiger partial charge in [0, 0.05) is 13.1 Å². The van der Waals surface area contributed by atoms with Crippen molar-refractivity contribution in [3.05, 3.63) is 46.9 Å². The molecular weight excluding hydrogens is 297 g/mol. The van der Waals surface area contributed by atoms with Crippen molar-refractivity contribution in [1.29, 1.82) is 0 Å². The van der Waals surface area contributed by atoms with Gasteiger partial charge in [0.25, 0.3) is 5.91 Å². The van der Waals surface area contributed by atoms with Crippen molar-refractivity contribution in [2.45, 2.75) is 0 Å². The number of hydrogen-bond acceptors (Lipinski definition) is 4. The average Bonchev–Trinajstić information content (AvgIpc) is 2.49. The molecule has 0 saturated carbocycles. The number of pyridine rings is 1. The van der Waals surface area contributed by atoms with Gasteiger partial charge in [-0.15, -0.1) is 0 Å². The number of anilines is 2. The number of nitrogens with one attached hydrogen (secondary N) is 2. The van der Waals surface area contributed by atoms with Gasteiger partial charge in [0.15, 0.2) is 0 Å². The lowest BCUT2D eigenvalue weighted by molar-refractivity contribution is 0.102. The minimum absolute atomic E-state index is 0.0647. The minimum Gasteiger partial charge on any atom is -0.494 e. The van der Waals surface area contributed by atoms with E-state index in [-0.39, 0.29) is 16.5 Å². The number of carbonyl (C=O) groups is 1. The Bertz CT molecular complexity index is 679. The summed E-state index contributed by atoms with van der Waals surface area (Å²) in [5, 5.41) is 5.63. The van der Waals surface area contributed by atoms with E-state index in [1.807, 2.05) is 0 Å². The molecule has 2 aromatic rings. The second-order valence-electron chi connectivity index (χ2n) is 4.08. The topological polar surface area (TPSA) is 63.2 Å². The van der Waals surface area contributed by atoms with Crippen molar-refractivity contribution < 1.29 is 13.9 Å². The van der Waals surface area contributed by atoms with Crippen molar-refractivity contribution in [3.63, 3.8) is 0 Å². The van der Waals surface area contributed by atoms with E-state index in [1.165, 1.54) is 25.3 Å². The molecule has 2 rings (SSSR count). The van der Waals surface area contributed by atoms with Gasteiger partial charge in [-0.1, -0.05) is 11.6 Å². The van der Waals surface area contributed by atoms with Crippen molar-refractivity contribution in [2.24, 2.45) is 0 Å². The smallest absolute Gasteiger partial charge is 0.276 e. The van der Waals surface area contributed by atoms with Crippen molar-refractivity contribution in [2.75, 3.05) is 24.8 Å². The second kappa shape index (κ2) is 6.41. The van der Waals surface area contributed by atoms with Crippen molar-refractivity contribution in [1.82, 2.24) is 4.98 Å². The third-order valence-corrected chi connectivity index (χ3v) is 3.03. The molecule has 0 aliphatic rings. The highest BCUT2D eigenvalue weighted by Gasteiger charge is 2.15. The molecule has 0 atom stereocenters. The van der Waals surface area contributed by atoms with Crippen molar-refractivity contribution >= 4 is 29.0 Å². The molecule has 0 bridgehead atoms. The molecule has 1 aromatic heterocycles. The van der Waals surface area contributed by atoms with Crippen LogP contribution in [0.1, 0.15) is 10.5 Å². The molecule has 0 radical (unpaired) electrons. The molecule has 0 fully saturated rings. The monoisotopic (exact) mass is 309 g/mol. The first-order chi connectivity index (χ1) is 10.0. The summed E-state index contributed by atoms with van der Waals surface area (Å²) in [6.45, 7) is 0. The maximum Gasteiger partial charge on any atom is 0.276 e. The van der Waals surface area contributed by atoms with E-state index in [2.05, 4.69) is 15.6 Å². The molecule has 2 N–H and O–H groups in total. The Hall–Kier alpha value is -2.34. The maximum atomic E-state index is 13.1. The Morgan fingerprint density at radius 3 is 2.76 bits per heavy atom. The fraction of sp³-hybridized carbons (Fsp3) is 0.143. The lowest BCUT2D eigenvalue weighted by Gasteiger charge is -2.11. The Balaban J connectivity index is 2.30. The van der Waals surface area contributed by atoms with Crippen LogP contribution in [0.5, 0.6) is 5.75 Å². The van der Waals surface area contributed by atoms with E-state index in [4.69, 9.17) is 16.3 Å². The molecule has 0 aliphatic carbocycles. The molecule has 0 unspecified atom stereocenters. The Morgan fingerprint density at radius 1 is 1.33 bits per heavy atom. The van der Waals surface area contributed by atoms with E-state index in [1.54, 1.807) is 19.2 Å². The fourth-order valence-corrected chi connectivity index (χ4v) is 1.88. The molecule has 0 saturated heterocycles. The summed E-state index contributed by atoms with van der Waals surface area (Å²) >= 11 is 5.97. The number of nitrogens with zero attached hydrogens (tertiary/aromatic N) is 1. The van der Waals surface area contributed by atoms with Gasteiger partial charge in [-0.2, -0.15) is 0 Å². The van der Waals surface area contributed by atoms with Crippen LogP contribution >= 0.6 is 11.6 Å². The molecular formula is C14H13ClFN3O2. The normalized spacial score (nSPS) is 10.1. The van der Waals surface area contributed by atoms with Gasteiger partial charge in [0.1, 0.15) is 23.1 Å². The van der Waals surface area contributed by atoms with Crippen LogP contribution < -0.4 is 15.4 Å². The summed E-state index contributed by atoms with van der Waals surface area (Å²) in [4.78, 5) is 16.3. The van der Waals surface area contributed by atoms with Gasteiger partial charge in [-0.3, -0.25) is 4.79 Å². The zero-order chi connectivity index (χ0) is 15.4. The van der Waals surface area contributed by atoms with Gasteiger partial charge in [0.2, 0.25) is 0 Å². The highest BCUT2D eigenvalue weighted by molar-refractivity contribution is 6.34. The molecule has 21 heavy (non-hydrogen) atoms. The number of methoxy groups -OCH3 is 1. The third-order valence-electron chi connectivity index (χ3n) is 2.73. The van der Waals surface area contributed by atoms with Crippen LogP contribution in [0.15, 0.2) is 30.3 Å². The Morgan fingerprint density at radius 2 is 2.10 bits per heavy atom. The summed E-state index contributed by atoms with van der Waals surface area (Å²) in [6.07, 6.45) is 0. The van der Waals surface area contributed by atoms with Gasteiger partial charge < -0.3 is 15.4 Å². The van der Waals surface area contributed by atoms with E-state index in [0.29, 0.717) is 11.5 Å². The third kappa shape index (κ3) is 3.41.